The van der Waals surface area contributed by atoms with Crippen LogP contribution in [0.3, 0.4) is 0 Å². The number of aromatic nitrogens is 2. The van der Waals surface area contributed by atoms with Gasteiger partial charge in [0.15, 0.2) is 0 Å². The second-order valence-corrected chi connectivity index (χ2v) is 3.93. The maximum atomic E-state index is 13.5. The maximum Gasteiger partial charge on any atom is 0.451 e. The molecule has 0 aliphatic rings. The van der Waals surface area contributed by atoms with Crippen LogP contribution in [0.15, 0.2) is 24.3 Å². The Bertz CT molecular complexity index is 636. The van der Waals surface area contributed by atoms with E-state index in [2.05, 4.69) is 20.6 Å². The molecule has 0 aliphatic carbocycles. The number of para-hydroxylation sites is 1. The highest BCUT2D eigenvalue weighted by Crippen LogP contribution is 2.30. The lowest BCUT2D eigenvalue weighted by molar-refractivity contribution is -0.144. The van der Waals surface area contributed by atoms with Crippen molar-refractivity contribution in [3.05, 3.63) is 41.7 Å². The summed E-state index contributed by atoms with van der Waals surface area (Å²) in [6.07, 6.45) is -4.78. The van der Waals surface area contributed by atoms with E-state index < -0.39 is 29.3 Å². The van der Waals surface area contributed by atoms with Crippen LogP contribution in [0.2, 0.25) is 0 Å². The average Bonchev–Trinajstić information content (AvgIpc) is 2.42. The van der Waals surface area contributed by atoms with E-state index in [9.17, 15) is 22.0 Å². The minimum Gasteiger partial charge on any atom is -0.373 e. The topological polar surface area (TPSA) is 49.8 Å². The van der Waals surface area contributed by atoms with Gasteiger partial charge in [0.2, 0.25) is 5.82 Å². The number of nitrogens with zero attached hydrogens (tertiary/aromatic N) is 2. The van der Waals surface area contributed by atoms with Gasteiger partial charge in [0, 0.05) is 13.1 Å². The molecule has 0 saturated carbocycles. The van der Waals surface area contributed by atoms with Gasteiger partial charge in [-0.2, -0.15) is 13.2 Å². The van der Waals surface area contributed by atoms with Gasteiger partial charge in [0.1, 0.15) is 29.0 Å². The number of hydrogen-bond donors (Lipinski definition) is 2. The number of nitrogens with one attached hydrogen (secondary N) is 2. The van der Waals surface area contributed by atoms with Crippen LogP contribution in [-0.4, -0.2) is 17.0 Å². The normalized spacial score (nSPS) is 11.3. The van der Waals surface area contributed by atoms with Gasteiger partial charge in [-0.25, -0.2) is 18.7 Å². The SMILES string of the molecule is CNc1cc(Nc2c(F)cccc2F)nc(C(F)(F)F)n1. The van der Waals surface area contributed by atoms with Crippen LogP contribution in [0.1, 0.15) is 5.82 Å². The molecule has 112 valence electrons. The molecule has 0 atom stereocenters. The summed E-state index contributed by atoms with van der Waals surface area (Å²) in [5.41, 5.74) is -0.591. The Morgan fingerprint density at radius 3 is 2.10 bits per heavy atom. The number of hydrogen-bond acceptors (Lipinski definition) is 4. The average molecular weight is 304 g/mol. The zero-order valence-electron chi connectivity index (χ0n) is 10.6. The van der Waals surface area contributed by atoms with E-state index in [-0.39, 0.29) is 11.6 Å². The number of alkyl halides is 3. The van der Waals surface area contributed by atoms with Crippen LogP contribution in [0.4, 0.5) is 39.3 Å². The van der Waals surface area contributed by atoms with Gasteiger partial charge in [-0.05, 0) is 12.1 Å². The molecule has 2 aromatic rings. The summed E-state index contributed by atoms with van der Waals surface area (Å²) in [6.45, 7) is 0. The molecule has 9 heteroatoms. The van der Waals surface area contributed by atoms with Gasteiger partial charge in [0.25, 0.3) is 0 Å². The summed E-state index contributed by atoms with van der Waals surface area (Å²) in [5, 5.41) is 4.60. The zero-order valence-corrected chi connectivity index (χ0v) is 10.6. The molecule has 2 N–H and O–H groups in total. The van der Waals surface area contributed by atoms with Gasteiger partial charge < -0.3 is 10.6 Å². The van der Waals surface area contributed by atoms with Gasteiger partial charge in [-0.15, -0.1) is 0 Å². The molecule has 1 aromatic heterocycles. The number of anilines is 3. The Kier molecular flexibility index (Phi) is 3.92. The molecule has 0 radical (unpaired) electrons. The highest BCUT2D eigenvalue weighted by molar-refractivity contribution is 5.60. The summed E-state index contributed by atoms with van der Waals surface area (Å²) in [4.78, 5) is 6.44. The zero-order chi connectivity index (χ0) is 15.6. The van der Waals surface area contributed by atoms with E-state index in [1.54, 1.807) is 0 Å². The first-order valence-corrected chi connectivity index (χ1v) is 5.66. The van der Waals surface area contributed by atoms with Crippen LogP contribution in [-0.2, 0) is 6.18 Å². The number of halogens is 5. The summed E-state index contributed by atoms with van der Waals surface area (Å²) >= 11 is 0. The molecular formula is C12H9F5N4. The lowest BCUT2D eigenvalue weighted by Gasteiger charge is -2.12. The van der Waals surface area contributed by atoms with Gasteiger partial charge in [-0.3, -0.25) is 0 Å². The van der Waals surface area contributed by atoms with Crippen molar-refractivity contribution in [1.82, 2.24) is 9.97 Å². The highest BCUT2D eigenvalue weighted by atomic mass is 19.4. The predicted octanol–water partition coefficient (Wildman–Crippen LogP) is 3.56. The molecule has 0 saturated heterocycles. The van der Waals surface area contributed by atoms with Crippen molar-refractivity contribution < 1.29 is 22.0 Å². The molecule has 0 unspecified atom stereocenters. The standard InChI is InChI=1S/C12H9F5N4/c1-18-8-5-9(21-11(20-8)12(15,16)17)19-10-6(13)3-2-4-7(10)14/h2-5H,1H3,(H2,18,19,20,21). The van der Waals surface area contributed by atoms with Crippen molar-refractivity contribution in [1.29, 1.82) is 0 Å². The largest absolute Gasteiger partial charge is 0.451 e. The predicted molar refractivity (Wildman–Crippen MR) is 66.2 cm³/mol. The van der Waals surface area contributed by atoms with E-state index in [0.717, 1.165) is 24.3 Å². The maximum absolute atomic E-state index is 13.5. The van der Waals surface area contributed by atoms with Crippen molar-refractivity contribution in [2.24, 2.45) is 0 Å². The second-order valence-electron chi connectivity index (χ2n) is 3.93. The van der Waals surface area contributed by atoms with E-state index in [0.29, 0.717) is 0 Å². The van der Waals surface area contributed by atoms with Crippen LogP contribution >= 0.6 is 0 Å². The number of rotatable bonds is 3. The molecule has 0 bridgehead atoms. The lowest BCUT2D eigenvalue weighted by atomic mass is 10.3. The smallest absolute Gasteiger partial charge is 0.373 e. The van der Waals surface area contributed by atoms with E-state index in [1.165, 1.54) is 7.05 Å². The Morgan fingerprint density at radius 2 is 1.57 bits per heavy atom. The molecule has 4 nitrogen and oxygen atoms in total. The molecule has 21 heavy (non-hydrogen) atoms. The Balaban J connectivity index is 2.45. The van der Waals surface area contributed by atoms with Crippen molar-refractivity contribution in [2.75, 3.05) is 17.7 Å². The molecule has 0 amide bonds. The molecule has 2 rings (SSSR count). The van der Waals surface area contributed by atoms with Crippen molar-refractivity contribution in [3.63, 3.8) is 0 Å². The highest BCUT2D eigenvalue weighted by Gasteiger charge is 2.35. The van der Waals surface area contributed by atoms with E-state index >= 15 is 0 Å². The monoisotopic (exact) mass is 304 g/mol. The molecule has 1 aromatic carbocycles. The molecule has 1 heterocycles. The Hall–Kier alpha value is -2.45. The van der Waals surface area contributed by atoms with Gasteiger partial charge >= 0.3 is 6.18 Å². The first-order chi connectivity index (χ1) is 9.81. The lowest BCUT2D eigenvalue weighted by Crippen LogP contribution is -2.14. The van der Waals surface area contributed by atoms with Crippen molar-refractivity contribution in [2.45, 2.75) is 6.18 Å². The number of benzene rings is 1. The molecule has 0 spiro atoms. The Labute approximate surface area is 116 Å². The molecular weight excluding hydrogens is 295 g/mol. The third kappa shape index (κ3) is 3.36. The van der Waals surface area contributed by atoms with Crippen LogP contribution in [0.5, 0.6) is 0 Å². The molecule has 0 aliphatic heterocycles. The minimum atomic E-state index is -4.78. The fraction of sp³-hybridized carbons (Fsp3) is 0.167. The van der Waals surface area contributed by atoms with Crippen molar-refractivity contribution in [3.8, 4) is 0 Å². The third-order valence-electron chi connectivity index (χ3n) is 2.45. The molecule has 0 fully saturated rings. The van der Waals surface area contributed by atoms with Crippen LogP contribution in [0, 0.1) is 11.6 Å². The fourth-order valence-electron chi connectivity index (χ4n) is 1.51. The van der Waals surface area contributed by atoms with Gasteiger partial charge in [-0.1, -0.05) is 6.07 Å². The Morgan fingerprint density at radius 1 is 1.00 bits per heavy atom. The minimum absolute atomic E-state index is 0.142. The summed E-state index contributed by atoms with van der Waals surface area (Å²) in [5.74, 6) is -3.85. The van der Waals surface area contributed by atoms with Gasteiger partial charge in [0.05, 0.1) is 0 Å². The first-order valence-electron chi connectivity index (χ1n) is 5.66. The summed E-state index contributed by atoms with van der Waals surface area (Å²) in [7, 11) is 1.36. The van der Waals surface area contributed by atoms with E-state index in [4.69, 9.17) is 0 Å². The second kappa shape index (κ2) is 5.51. The summed E-state index contributed by atoms with van der Waals surface area (Å²) in [6, 6.07) is 4.17. The quantitative estimate of drug-likeness (QED) is 0.851. The van der Waals surface area contributed by atoms with Crippen molar-refractivity contribution >= 4 is 17.3 Å². The van der Waals surface area contributed by atoms with Crippen LogP contribution in [0.25, 0.3) is 0 Å². The first kappa shape index (κ1) is 14.9. The van der Waals surface area contributed by atoms with E-state index in [1.807, 2.05) is 0 Å². The van der Waals surface area contributed by atoms with Crippen LogP contribution < -0.4 is 10.6 Å². The fourth-order valence-corrected chi connectivity index (χ4v) is 1.51. The third-order valence-corrected chi connectivity index (χ3v) is 2.45. The summed E-state index contributed by atoms with van der Waals surface area (Å²) < 4.78 is 64.9.